The number of hydrogen-bond acceptors (Lipinski definition) is 1. The van der Waals surface area contributed by atoms with E-state index < -0.39 is 0 Å². The van der Waals surface area contributed by atoms with E-state index in [9.17, 15) is 0 Å². The Morgan fingerprint density at radius 3 is 1.12 bits per heavy atom. The zero-order valence-corrected chi connectivity index (χ0v) is 24.8. The van der Waals surface area contributed by atoms with Crippen molar-refractivity contribution in [3.63, 3.8) is 0 Å². The number of hydrogen-bond donors (Lipinski definition) is 1. The number of rotatable bonds is 10. The van der Waals surface area contributed by atoms with E-state index in [0.29, 0.717) is 4.64 Å². The molecule has 0 aromatic heterocycles. The van der Waals surface area contributed by atoms with Crippen LogP contribution < -0.4 is 5.50 Å². The molecule has 2 N–H and O–H groups in total. The van der Waals surface area contributed by atoms with E-state index >= 15 is 0 Å². The zero-order chi connectivity index (χ0) is 22.9. The van der Waals surface area contributed by atoms with Gasteiger partial charge < -0.3 is 5.50 Å². The minimum Gasteiger partial charge on any atom is -0.311 e. The average molecular weight is 512 g/mol. The highest BCUT2D eigenvalue weighted by Crippen LogP contribution is 2.83. The molecule has 1 unspecified atom stereocenters. The number of unbranched alkanes of at least 4 members (excludes halogenated alkanes) is 1. The minimum absolute atomic E-state index is 0.0708. The largest absolute Gasteiger partial charge is 0.311 e. The molecule has 0 heterocycles. The van der Waals surface area contributed by atoms with E-state index in [1.807, 2.05) is 0 Å². The summed E-state index contributed by atoms with van der Waals surface area (Å²) in [4.78, 5) is 0. The highest BCUT2D eigenvalue weighted by atomic mass is 31.2. The maximum atomic E-state index is 7.24. The van der Waals surface area contributed by atoms with Gasteiger partial charge in [0.2, 0.25) is 0 Å². The Balaban J connectivity index is 1.76. The summed E-state index contributed by atoms with van der Waals surface area (Å²) in [6.07, 6.45) is 35.2. The molecule has 4 aliphatic carbocycles. The van der Waals surface area contributed by atoms with E-state index in [0.717, 1.165) is 31.4 Å². The van der Waals surface area contributed by atoms with Gasteiger partial charge in [-0.15, -0.1) is 0 Å². The topological polar surface area (TPSA) is 26.0 Å². The molecular weight excluding hydrogens is 455 g/mol. The van der Waals surface area contributed by atoms with Crippen LogP contribution in [0, 0.1) is 0 Å². The van der Waals surface area contributed by atoms with E-state index in [1.165, 1.54) is 96.3 Å². The molecule has 4 saturated carbocycles. The summed E-state index contributed by atoms with van der Waals surface area (Å²) in [5.74, 6) is 0. The third-order valence-corrected chi connectivity index (χ3v) is 21.6. The molecule has 0 aromatic rings. The van der Waals surface area contributed by atoms with Gasteiger partial charge in [-0.25, -0.2) is 0 Å². The molecule has 4 aliphatic rings. The summed E-state index contributed by atoms with van der Waals surface area (Å²) < 4.78 is 0.592. The summed E-state index contributed by atoms with van der Waals surface area (Å²) in [5.41, 5.74) is 11.5. The lowest BCUT2D eigenvalue weighted by atomic mass is 9.99. The lowest BCUT2D eigenvalue weighted by Crippen LogP contribution is -2.39. The lowest BCUT2D eigenvalue weighted by molar-refractivity contribution is 0.472. The first-order valence-electron chi connectivity index (χ1n) is 15.3. The SMILES string of the molecule is CCCCC(PN)(P(C1CCCCC1)C1CCCCC1)P(C1CCCCC1)C1CCCCC1. The average Bonchev–Trinajstić information content (AvgIpc) is 2.90. The Kier molecular flexibility index (Phi) is 11.8. The Morgan fingerprint density at radius 1 is 0.576 bits per heavy atom. The molecule has 0 spiro atoms. The molecule has 0 saturated heterocycles. The molecule has 1 atom stereocenters. The van der Waals surface area contributed by atoms with Crippen molar-refractivity contribution >= 4 is 24.6 Å². The summed E-state index contributed by atoms with van der Waals surface area (Å²) in [6, 6.07) is 0. The zero-order valence-electron chi connectivity index (χ0n) is 22.0. The van der Waals surface area contributed by atoms with Crippen molar-refractivity contribution in [1.29, 1.82) is 0 Å². The molecule has 0 bridgehead atoms. The first-order valence-corrected chi connectivity index (χ1v) is 19.4. The third-order valence-electron chi connectivity index (χ3n) is 9.84. The first kappa shape index (κ1) is 27.3. The van der Waals surface area contributed by atoms with Crippen LogP contribution in [0.5, 0.6) is 0 Å². The van der Waals surface area contributed by atoms with Crippen molar-refractivity contribution in [2.75, 3.05) is 0 Å². The van der Waals surface area contributed by atoms with Crippen LogP contribution in [0.25, 0.3) is 0 Å². The number of nitrogens with two attached hydrogens (primary N) is 1. The van der Waals surface area contributed by atoms with E-state index in [1.54, 1.807) is 51.4 Å². The van der Waals surface area contributed by atoms with Gasteiger partial charge in [0.25, 0.3) is 0 Å². The van der Waals surface area contributed by atoms with E-state index in [2.05, 4.69) is 6.92 Å². The maximum absolute atomic E-state index is 7.24. The Morgan fingerprint density at radius 2 is 0.879 bits per heavy atom. The van der Waals surface area contributed by atoms with Crippen molar-refractivity contribution in [2.24, 2.45) is 5.50 Å². The summed E-state index contributed by atoms with van der Waals surface area (Å²) in [7, 11) is 0.886. The Bertz CT molecular complexity index is 455. The standard InChI is InChI=1S/C29H56NP3/c1-2-3-24-29(31-30,32(25-16-8-4-9-17-25)26-18-10-5-11-19-26)33(27-20-12-6-13-21-27)28-22-14-7-15-23-28/h25-28,31H,2-24,30H2,1H3. The molecule has 0 aliphatic heterocycles. The van der Waals surface area contributed by atoms with Gasteiger partial charge in [-0.3, -0.25) is 0 Å². The van der Waals surface area contributed by atoms with Crippen LogP contribution in [0.2, 0.25) is 0 Å². The van der Waals surface area contributed by atoms with E-state index in [-0.39, 0.29) is 15.8 Å². The van der Waals surface area contributed by atoms with Crippen molar-refractivity contribution in [3.8, 4) is 0 Å². The molecule has 1 nitrogen and oxygen atoms in total. The smallest absolute Gasteiger partial charge is 0.0412 e. The van der Waals surface area contributed by atoms with Crippen LogP contribution in [-0.2, 0) is 0 Å². The molecular formula is C29H56NP3. The van der Waals surface area contributed by atoms with Crippen LogP contribution in [0.3, 0.4) is 0 Å². The fourth-order valence-corrected chi connectivity index (χ4v) is 23.1. The van der Waals surface area contributed by atoms with Gasteiger partial charge in [0.15, 0.2) is 0 Å². The molecule has 4 fully saturated rings. The highest BCUT2D eigenvalue weighted by Gasteiger charge is 2.53. The fourth-order valence-electron chi connectivity index (χ4n) is 8.28. The predicted molar refractivity (Wildman–Crippen MR) is 156 cm³/mol. The van der Waals surface area contributed by atoms with Crippen molar-refractivity contribution in [3.05, 3.63) is 0 Å². The molecule has 33 heavy (non-hydrogen) atoms. The third kappa shape index (κ3) is 6.77. The van der Waals surface area contributed by atoms with Gasteiger partial charge in [0.1, 0.15) is 0 Å². The minimum atomic E-state index is 0.0708. The lowest BCUT2D eigenvalue weighted by Gasteiger charge is -2.58. The summed E-state index contributed by atoms with van der Waals surface area (Å²) in [5, 5.41) is 0. The van der Waals surface area contributed by atoms with Gasteiger partial charge >= 0.3 is 0 Å². The summed E-state index contributed by atoms with van der Waals surface area (Å²) in [6.45, 7) is 2.46. The van der Waals surface area contributed by atoms with Crippen molar-refractivity contribution in [2.45, 2.75) is 182 Å². The maximum Gasteiger partial charge on any atom is 0.0412 e. The fraction of sp³-hybridized carbons (Fsp3) is 1.00. The van der Waals surface area contributed by atoms with Crippen molar-refractivity contribution in [1.82, 2.24) is 0 Å². The Labute approximate surface area is 211 Å². The van der Waals surface area contributed by atoms with Gasteiger partial charge in [-0.05, 0) is 89.2 Å². The first-order chi connectivity index (χ1) is 16.3. The molecule has 4 heteroatoms. The Hall–Kier alpha value is 1.25. The van der Waals surface area contributed by atoms with Crippen LogP contribution in [0.1, 0.15) is 155 Å². The summed E-state index contributed by atoms with van der Waals surface area (Å²) >= 11 is 0. The predicted octanol–water partition coefficient (Wildman–Crippen LogP) is 10.7. The van der Waals surface area contributed by atoms with E-state index in [4.69, 9.17) is 5.50 Å². The monoisotopic (exact) mass is 511 g/mol. The second kappa shape index (κ2) is 14.3. The molecule has 0 radical (unpaired) electrons. The second-order valence-corrected chi connectivity index (χ2v) is 20.5. The van der Waals surface area contributed by atoms with Crippen LogP contribution >= 0.6 is 24.6 Å². The normalized spacial score (nSPS) is 26.2. The van der Waals surface area contributed by atoms with Crippen molar-refractivity contribution < 1.29 is 0 Å². The van der Waals surface area contributed by atoms with Gasteiger partial charge in [0.05, 0.1) is 0 Å². The highest BCUT2D eigenvalue weighted by molar-refractivity contribution is 7.89. The van der Waals surface area contributed by atoms with Gasteiger partial charge in [-0.1, -0.05) is 113 Å². The quantitative estimate of drug-likeness (QED) is 0.290. The van der Waals surface area contributed by atoms with Crippen LogP contribution in [0.4, 0.5) is 0 Å². The molecule has 0 amide bonds. The molecule has 192 valence electrons. The molecule has 0 aromatic carbocycles. The van der Waals surface area contributed by atoms with Crippen LogP contribution in [-0.4, -0.2) is 27.3 Å². The molecule has 4 rings (SSSR count). The van der Waals surface area contributed by atoms with Gasteiger partial charge in [-0.2, -0.15) is 0 Å². The van der Waals surface area contributed by atoms with Gasteiger partial charge in [0, 0.05) is 4.64 Å². The second-order valence-electron chi connectivity index (χ2n) is 12.0. The van der Waals surface area contributed by atoms with Crippen LogP contribution in [0.15, 0.2) is 0 Å².